The van der Waals surface area contributed by atoms with Crippen LogP contribution in [0.4, 0.5) is 52.7 Å². The minimum atomic E-state index is -5.87. The third-order valence-electron chi connectivity index (χ3n) is 13.2. The van der Waals surface area contributed by atoms with Crippen LogP contribution >= 0.6 is 0 Å². The molecule has 0 saturated heterocycles. The fourth-order valence-corrected chi connectivity index (χ4v) is 13.2. The Kier molecular flexibility index (Phi) is 33.8. The van der Waals surface area contributed by atoms with Gasteiger partial charge in [-0.15, -0.1) is 0 Å². The molecule has 0 saturated carbocycles. The second kappa shape index (κ2) is 38.4. The van der Waals surface area contributed by atoms with E-state index in [-0.39, 0.29) is 49.2 Å². The van der Waals surface area contributed by atoms with Gasteiger partial charge in [-0.3, -0.25) is 0 Å². The predicted molar refractivity (Wildman–Crippen MR) is 364 cm³/mol. The summed E-state index contributed by atoms with van der Waals surface area (Å²) in [6.07, 6.45) is 0. The second-order valence-electron chi connectivity index (χ2n) is 24.6. The van der Waals surface area contributed by atoms with Crippen LogP contribution in [0.25, 0.3) is 0 Å². The third-order valence-corrected chi connectivity index (χ3v) is 19.2. The molecule has 0 N–H and O–H groups in total. The number of carbonyl (C=O) groups excluding carboxylic acids is 2. The maximum Gasteiger partial charge on any atom is 0.367 e. The van der Waals surface area contributed by atoms with E-state index in [1.807, 2.05) is 41.5 Å². The Morgan fingerprint density at radius 3 is 0.814 bits per heavy atom. The van der Waals surface area contributed by atoms with Gasteiger partial charge in [0.05, 0.1) is 54.1 Å². The molecule has 9 rings (SSSR count). The topological polar surface area (TPSA) is 167 Å². The van der Waals surface area contributed by atoms with Gasteiger partial charge in [0.1, 0.15) is 53.1 Å². The van der Waals surface area contributed by atoms with Crippen LogP contribution in [0.15, 0.2) is 242 Å². The van der Waals surface area contributed by atoms with Crippen molar-refractivity contribution in [2.45, 2.75) is 114 Å². The van der Waals surface area contributed by atoms with E-state index < -0.39 is 124 Å². The zero-order valence-corrected chi connectivity index (χ0v) is 58.9. The number of alkyl halides is 4. The van der Waals surface area contributed by atoms with Crippen LogP contribution in [0.2, 0.25) is 0 Å². The normalized spacial score (nSPS) is 11.6. The summed E-state index contributed by atoms with van der Waals surface area (Å²) in [4.78, 5) is 25.7. The second-order valence-corrected chi connectivity index (χ2v) is 31.6. The molecular weight excluding hydrogens is 1450 g/mol. The zero-order chi connectivity index (χ0) is 74.1. The molecule has 0 aliphatic heterocycles. The Morgan fingerprint density at radius 1 is 0.382 bits per heavy atom. The first-order valence-electron chi connectivity index (χ1n) is 29.3. The molecule has 0 amide bonds. The molecule has 0 bridgehead atoms. The van der Waals surface area contributed by atoms with Crippen molar-refractivity contribution < 1.29 is 115 Å². The predicted octanol–water partition coefficient (Wildman–Crippen LogP) is 15.4. The van der Waals surface area contributed by atoms with Gasteiger partial charge in [0.25, 0.3) is 0 Å². The number of ether oxygens (including phenoxy) is 2. The zero-order valence-electron chi connectivity index (χ0n) is 54.9. The lowest BCUT2D eigenvalue weighted by Gasteiger charge is -2.23. The van der Waals surface area contributed by atoms with Crippen LogP contribution in [-0.2, 0) is 68.9 Å². The van der Waals surface area contributed by atoms with Gasteiger partial charge in [-0.25, -0.2) is 61.5 Å². The van der Waals surface area contributed by atoms with Crippen molar-refractivity contribution >= 4 is 54.0 Å². The Morgan fingerprint density at radius 2 is 0.608 bits per heavy atom. The van der Waals surface area contributed by atoms with Gasteiger partial charge in [-0.2, -0.15) is 17.6 Å². The Hall–Kier alpha value is -8.15. The van der Waals surface area contributed by atoms with Crippen LogP contribution in [0.5, 0.6) is 0 Å². The molecule has 0 heterocycles. The van der Waals surface area contributed by atoms with E-state index in [0.29, 0.717) is 29.4 Å². The highest BCUT2D eigenvalue weighted by molar-refractivity contribution is 7.97. The number of carbonyl (C=O) groups is 2. The molecule has 0 atom stereocenters. The molecule has 11 nitrogen and oxygen atoms in total. The molecule has 9 aromatic rings. The number of hydrogen-bond acceptors (Lipinski definition) is 10. The quantitative estimate of drug-likeness (QED) is 0.0299. The largest absolute Gasteiger partial charge is 1.00 e. The summed E-state index contributed by atoms with van der Waals surface area (Å²) in [5.41, 5.74) is 2.93. The number of benzene rings is 9. The first-order valence-corrected chi connectivity index (χ1v) is 34.6. The van der Waals surface area contributed by atoms with Gasteiger partial charge in [0, 0.05) is 78.4 Å². The third kappa shape index (κ3) is 28.6. The summed E-state index contributed by atoms with van der Waals surface area (Å²) in [5.74, 6) is -8.10. The number of rotatable bonds is 16. The van der Waals surface area contributed by atoms with E-state index in [4.69, 9.17) is 0 Å². The molecule has 0 aromatic heterocycles. The summed E-state index contributed by atoms with van der Waals surface area (Å²) in [7, 11) is -7.16. The van der Waals surface area contributed by atoms with E-state index in [1.54, 1.807) is 84.9 Å². The molecule has 0 aliphatic rings. The Balaban J connectivity index is 0.000000437. The highest BCUT2D eigenvalue weighted by Crippen LogP contribution is 2.35. The standard InChI is InChI=1S/2C18H11F4S.2C13H16F2O5S.C10H16N.2CH4.ClH/c2*19-12-6-13(20)9-17(8-12)23(16-4-2-1-3-5-16)18-10-14(21)7-15(22)11-18;2*1-12(2,3)10-6-4-9(5-7-10)11(16)20-8-13(14,15)21(17,18)19;1-11(2,3)9-10-7-5-4-6-8-10;;;/h2*1-11H;2*4-7H,8H2,1-3H3,(H,17,18,19);4-8H,9H2,1-3H3;2*1H4;1H/q2*+1;;;+1;;;/p-3. The van der Waals surface area contributed by atoms with Gasteiger partial charge in [-0.1, -0.05) is 147 Å². The van der Waals surface area contributed by atoms with Crippen molar-refractivity contribution in [2.75, 3.05) is 34.4 Å². The van der Waals surface area contributed by atoms with Crippen LogP contribution in [0, 0.1) is 46.5 Å². The van der Waals surface area contributed by atoms with Crippen molar-refractivity contribution in [2.24, 2.45) is 0 Å². The molecule has 28 heteroatoms. The fraction of sp³-hybridized carbons (Fsp3) is 0.243. The van der Waals surface area contributed by atoms with Gasteiger partial charge in [0.15, 0.2) is 62.8 Å². The van der Waals surface area contributed by atoms with Gasteiger partial charge in [-0.05, 0) is 70.5 Å². The molecule has 0 aliphatic carbocycles. The smallest absolute Gasteiger partial charge is 0.367 e. The Labute approximate surface area is 599 Å². The van der Waals surface area contributed by atoms with E-state index in [9.17, 15) is 88.2 Å². The van der Waals surface area contributed by atoms with Crippen molar-refractivity contribution in [1.29, 1.82) is 0 Å². The number of nitrogens with zero attached hydrogens (tertiary/aromatic N) is 1. The minimum absolute atomic E-state index is 0. The summed E-state index contributed by atoms with van der Waals surface area (Å²) >= 11 is 0. The molecule has 552 valence electrons. The summed E-state index contributed by atoms with van der Waals surface area (Å²) in [6.45, 7) is 9.23. The van der Waals surface area contributed by atoms with Crippen LogP contribution in [0.1, 0.15) is 93.8 Å². The molecule has 0 fully saturated rings. The first-order chi connectivity index (χ1) is 45.8. The average molecular weight is 1530 g/mol. The number of hydrogen-bond donors (Lipinski definition) is 0. The van der Waals surface area contributed by atoms with Crippen molar-refractivity contribution in [3.63, 3.8) is 0 Å². The van der Waals surface area contributed by atoms with Gasteiger partial charge in [0.2, 0.25) is 0 Å². The fourth-order valence-electron chi connectivity index (χ4n) is 8.47. The summed E-state index contributed by atoms with van der Waals surface area (Å²) < 4.78 is 231. The number of halogens is 13. The summed E-state index contributed by atoms with van der Waals surface area (Å²) in [5, 5.41) is -9.29. The molecule has 0 spiro atoms. The lowest BCUT2D eigenvalue weighted by Crippen LogP contribution is -3.00. The molecule has 102 heavy (non-hydrogen) atoms. The maximum atomic E-state index is 13.6. The minimum Gasteiger partial charge on any atom is -1.00 e. The molecular formula is C74H76ClF12NO10S4. The maximum absolute atomic E-state index is 13.6. The SMILES string of the molecule is C.C.CC(C)(C)c1ccc(C(=O)OCC(F)(F)S(=O)(=O)[O-])cc1.CC(C)(C)c1ccc(C(=O)OCC(F)(F)S(=O)(=O)[O-])cc1.C[N+](C)(C)Cc1ccccc1.Fc1cc(F)cc([S+](c2ccccc2)c2cc(F)cc(F)c2)c1.Fc1cc(F)cc([S+](c2ccccc2)c2cc(F)cc(F)c2)c1.[Cl-]. The lowest BCUT2D eigenvalue weighted by atomic mass is 9.87. The monoisotopic (exact) mass is 1530 g/mol. The van der Waals surface area contributed by atoms with Gasteiger partial charge >= 0.3 is 22.4 Å². The number of esters is 2. The van der Waals surface area contributed by atoms with E-state index in [2.05, 4.69) is 60.9 Å². The highest BCUT2D eigenvalue weighted by atomic mass is 35.5. The lowest BCUT2D eigenvalue weighted by molar-refractivity contribution is -0.884. The average Bonchev–Trinajstić information content (AvgIpc) is 0.810. The van der Waals surface area contributed by atoms with Crippen molar-refractivity contribution in [3.05, 3.63) is 287 Å². The molecule has 0 unspecified atom stereocenters. The van der Waals surface area contributed by atoms with Crippen molar-refractivity contribution in [3.8, 4) is 0 Å². The van der Waals surface area contributed by atoms with E-state index in [0.717, 1.165) is 46.4 Å². The summed E-state index contributed by atoms with van der Waals surface area (Å²) in [6, 6.07) is 52.9. The number of quaternary nitrogens is 1. The first kappa shape index (κ1) is 89.9. The molecule has 0 radical (unpaired) electrons. The van der Waals surface area contributed by atoms with E-state index in [1.165, 1.54) is 78.4 Å². The highest BCUT2D eigenvalue weighted by Gasteiger charge is 2.41. The van der Waals surface area contributed by atoms with Crippen molar-refractivity contribution in [1.82, 2.24) is 0 Å². The van der Waals surface area contributed by atoms with Crippen LogP contribution < -0.4 is 12.4 Å². The van der Waals surface area contributed by atoms with Crippen LogP contribution in [0.3, 0.4) is 0 Å². The van der Waals surface area contributed by atoms with Crippen LogP contribution in [-0.4, -0.2) is 87.2 Å². The van der Waals surface area contributed by atoms with E-state index >= 15 is 0 Å². The molecule has 9 aromatic carbocycles. The Bertz CT molecular complexity index is 3960. The van der Waals surface area contributed by atoms with Gasteiger partial charge < -0.3 is 35.5 Å².